The van der Waals surface area contributed by atoms with Gasteiger partial charge in [-0.05, 0) is 32.1 Å². The molecular weight excluding hydrogens is 406 g/mol. The lowest BCUT2D eigenvalue weighted by Crippen LogP contribution is -2.21. The number of allylic oxidation sites excluding steroid dienone is 2. The SMILES string of the molecule is CCCCCCCC/C=C\CCCCCCCCCCCCCCl.OCCNCCO. The lowest BCUT2D eigenvalue weighted by molar-refractivity contribution is 0.266. The van der Waals surface area contributed by atoms with Crippen LogP contribution in [0.15, 0.2) is 12.2 Å². The molecule has 4 heteroatoms. The molecule has 0 heterocycles. The van der Waals surface area contributed by atoms with Crippen molar-refractivity contribution in [3.05, 3.63) is 12.2 Å². The molecule has 0 aliphatic carbocycles. The van der Waals surface area contributed by atoms with Crippen LogP contribution in [0.4, 0.5) is 0 Å². The quantitative estimate of drug-likeness (QED) is 0.0781. The molecule has 0 aromatic rings. The van der Waals surface area contributed by atoms with E-state index < -0.39 is 0 Å². The Kier molecular flexibility index (Phi) is 36.8. The smallest absolute Gasteiger partial charge is 0.0555 e. The average Bonchev–Trinajstić information content (AvgIpc) is 2.78. The Morgan fingerprint density at radius 3 is 1.26 bits per heavy atom. The van der Waals surface area contributed by atoms with Crippen molar-refractivity contribution in [2.24, 2.45) is 0 Å². The Labute approximate surface area is 200 Å². The zero-order valence-corrected chi connectivity index (χ0v) is 21.7. The van der Waals surface area contributed by atoms with Crippen LogP contribution < -0.4 is 5.32 Å². The van der Waals surface area contributed by atoms with Gasteiger partial charge in [-0.2, -0.15) is 0 Å². The van der Waals surface area contributed by atoms with Crippen molar-refractivity contribution >= 4 is 11.6 Å². The van der Waals surface area contributed by atoms with Gasteiger partial charge in [0, 0.05) is 19.0 Å². The van der Waals surface area contributed by atoms with Gasteiger partial charge in [0.15, 0.2) is 0 Å². The monoisotopic (exact) mass is 461 g/mol. The molecule has 188 valence electrons. The van der Waals surface area contributed by atoms with Gasteiger partial charge >= 0.3 is 0 Å². The highest BCUT2D eigenvalue weighted by molar-refractivity contribution is 6.17. The molecule has 3 N–H and O–H groups in total. The summed E-state index contributed by atoms with van der Waals surface area (Å²) in [6, 6.07) is 0. The van der Waals surface area contributed by atoms with Gasteiger partial charge in [0.05, 0.1) is 13.2 Å². The van der Waals surface area contributed by atoms with Crippen LogP contribution in [0.5, 0.6) is 0 Å². The van der Waals surface area contributed by atoms with Crippen LogP contribution in [0.1, 0.15) is 129 Å². The predicted molar refractivity (Wildman–Crippen MR) is 140 cm³/mol. The molecule has 0 fully saturated rings. The van der Waals surface area contributed by atoms with Gasteiger partial charge < -0.3 is 15.5 Å². The first-order valence-electron chi connectivity index (χ1n) is 13.5. The second-order valence-corrected chi connectivity index (χ2v) is 8.97. The summed E-state index contributed by atoms with van der Waals surface area (Å²) >= 11 is 5.68. The van der Waals surface area contributed by atoms with E-state index in [1.54, 1.807) is 0 Å². The van der Waals surface area contributed by atoms with Crippen LogP contribution in [-0.2, 0) is 0 Å². The van der Waals surface area contributed by atoms with Gasteiger partial charge in [-0.15, -0.1) is 11.6 Å². The first-order chi connectivity index (χ1) is 15.3. The molecule has 0 aromatic heterocycles. The van der Waals surface area contributed by atoms with Crippen molar-refractivity contribution in [1.29, 1.82) is 0 Å². The Morgan fingerprint density at radius 1 is 0.548 bits per heavy atom. The summed E-state index contributed by atoms with van der Waals surface area (Å²) < 4.78 is 0. The lowest BCUT2D eigenvalue weighted by atomic mass is 10.0. The standard InChI is InChI=1S/C23H45Cl.C4H11NO2/c1-2-3-4-5-6-7-8-9-10-11-12-13-14-15-16-17-18-19-20-21-22-23-24;6-3-1-5-2-4-7/h9-10H,2-8,11-23H2,1H3;5-7H,1-4H2/b10-9-;. The van der Waals surface area contributed by atoms with Crippen molar-refractivity contribution in [2.75, 3.05) is 32.2 Å². The number of unbranched alkanes of at least 4 members (excludes halogenated alkanes) is 17. The average molecular weight is 462 g/mol. The highest BCUT2D eigenvalue weighted by atomic mass is 35.5. The van der Waals surface area contributed by atoms with Gasteiger partial charge in [0.25, 0.3) is 0 Å². The fourth-order valence-corrected chi connectivity index (χ4v) is 3.70. The number of hydrogen-bond donors (Lipinski definition) is 3. The number of rotatable bonds is 24. The minimum atomic E-state index is 0.139. The number of aliphatic hydroxyl groups is 2. The Morgan fingerprint density at radius 2 is 0.903 bits per heavy atom. The molecule has 0 bridgehead atoms. The third-order valence-electron chi connectivity index (χ3n) is 5.47. The van der Waals surface area contributed by atoms with E-state index in [9.17, 15) is 0 Å². The summed E-state index contributed by atoms with van der Waals surface area (Å²) in [5.41, 5.74) is 0. The fourth-order valence-electron chi connectivity index (χ4n) is 3.51. The summed E-state index contributed by atoms with van der Waals surface area (Å²) in [6.07, 6.45) is 31.3. The van der Waals surface area contributed by atoms with Crippen molar-refractivity contribution < 1.29 is 10.2 Å². The molecule has 0 aliphatic heterocycles. The van der Waals surface area contributed by atoms with E-state index in [2.05, 4.69) is 24.4 Å². The van der Waals surface area contributed by atoms with Crippen LogP contribution in [0.2, 0.25) is 0 Å². The Bertz CT molecular complexity index is 310. The van der Waals surface area contributed by atoms with E-state index in [0.29, 0.717) is 13.1 Å². The van der Waals surface area contributed by atoms with E-state index in [4.69, 9.17) is 21.8 Å². The van der Waals surface area contributed by atoms with Crippen LogP contribution in [0, 0.1) is 0 Å². The first-order valence-corrected chi connectivity index (χ1v) is 14.0. The van der Waals surface area contributed by atoms with E-state index in [0.717, 1.165) is 5.88 Å². The summed E-state index contributed by atoms with van der Waals surface area (Å²) in [4.78, 5) is 0. The Hall–Kier alpha value is -0.0900. The summed E-state index contributed by atoms with van der Waals surface area (Å²) in [5, 5.41) is 19.1. The number of hydrogen-bond acceptors (Lipinski definition) is 3. The highest BCUT2D eigenvalue weighted by Crippen LogP contribution is 2.12. The number of aliphatic hydroxyl groups excluding tert-OH is 2. The molecule has 0 rings (SSSR count). The van der Waals surface area contributed by atoms with E-state index >= 15 is 0 Å². The van der Waals surface area contributed by atoms with E-state index in [1.165, 1.54) is 122 Å². The van der Waals surface area contributed by atoms with Crippen LogP contribution in [-0.4, -0.2) is 42.4 Å². The molecule has 3 nitrogen and oxygen atoms in total. The highest BCUT2D eigenvalue weighted by Gasteiger charge is 1.93. The third kappa shape index (κ3) is 37.5. The zero-order chi connectivity index (χ0) is 23.1. The van der Waals surface area contributed by atoms with Crippen molar-refractivity contribution in [2.45, 2.75) is 129 Å². The number of alkyl halides is 1. The van der Waals surface area contributed by atoms with E-state index in [-0.39, 0.29) is 13.2 Å². The maximum atomic E-state index is 8.15. The minimum Gasteiger partial charge on any atom is -0.395 e. The van der Waals surface area contributed by atoms with Crippen molar-refractivity contribution in [1.82, 2.24) is 5.32 Å². The second kappa shape index (κ2) is 34.5. The lowest BCUT2D eigenvalue weighted by Gasteiger charge is -2.02. The minimum absolute atomic E-state index is 0.139. The van der Waals surface area contributed by atoms with Crippen molar-refractivity contribution in [3.8, 4) is 0 Å². The van der Waals surface area contributed by atoms with Gasteiger partial charge in [0.1, 0.15) is 0 Å². The van der Waals surface area contributed by atoms with Crippen LogP contribution in [0.25, 0.3) is 0 Å². The maximum Gasteiger partial charge on any atom is 0.0555 e. The largest absolute Gasteiger partial charge is 0.395 e. The summed E-state index contributed by atoms with van der Waals surface area (Å²) in [5.74, 6) is 0.842. The van der Waals surface area contributed by atoms with Gasteiger partial charge in [-0.25, -0.2) is 0 Å². The normalized spacial score (nSPS) is 11.1. The fraction of sp³-hybridized carbons (Fsp3) is 0.926. The van der Waals surface area contributed by atoms with Crippen molar-refractivity contribution in [3.63, 3.8) is 0 Å². The van der Waals surface area contributed by atoms with Crippen LogP contribution in [0.3, 0.4) is 0 Å². The third-order valence-corrected chi connectivity index (χ3v) is 5.74. The molecule has 0 spiro atoms. The molecule has 0 radical (unpaired) electrons. The molecule has 0 saturated carbocycles. The van der Waals surface area contributed by atoms with E-state index in [1.807, 2.05) is 0 Å². The summed E-state index contributed by atoms with van der Waals surface area (Å²) in [7, 11) is 0. The Balaban J connectivity index is 0. The molecular formula is C27H56ClNO2. The van der Waals surface area contributed by atoms with Gasteiger partial charge in [-0.1, -0.05) is 109 Å². The zero-order valence-electron chi connectivity index (χ0n) is 20.9. The van der Waals surface area contributed by atoms with Gasteiger partial charge in [-0.3, -0.25) is 0 Å². The molecule has 0 atom stereocenters. The molecule has 0 aromatic carbocycles. The van der Waals surface area contributed by atoms with Crippen LogP contribution >= 0.6 is 11.6 Å². The molecule has 0 saturated heterocycles. The molecule has 0 amide bonds. The molecule has 0 unspecified atom stereocenters. The maximum absolute atomic E-state index is 8.15. The topological polar surface area (TPSA) is 52.5 Å². The molecule has 31 heavy (non-hydrogen) atoms. The number of halogens is 1. The summed E-state index contributed by atoms with van der Waals surface area (Å²) in [6.45, 7) is 3.70. The molecule has 0 aliphatic rings. The number of nitrogens with one attached hydrogen (secondary N) is 1. The predicted octanol–water partition coefficient (Wildman–Crippen LogP) is 7.77. The van der Waals surface area contributed by atoms with Gasteiger partial charge in [0.2, 0.25) is 0 Å². The second-order valence-electron chi connectivity index (χ2n) is 8.59. The first kappa shape index (κ1) is 33.1.